The number of nitrogens with zero attached hydrogens (tertiary/aromatic N) is 2. The Labute approximate surface area is 171 Å². The van der Waals surface area contributed by atoms with Crippen molar-refractivity contribution in [3.8, 4) is 11.5 Å². The van der Waals surface area contributed by atoms with Crippen molar-refractivity contribution in [2.75, 3.05) is 39.4 Å². The number of carbonyl (C=O) groups excluding carboxylic acids is 2. The Balaban J connectivity index is 1.68. The van der Waals surface area contributed by atoms with Gasteiger partial charge in [-0.15, -0.1) is 0 Å². The minimum absolute atomic E-state index is 0.0640. The summed E-state index contributed by atoms with van der Waals surface area (Å²) in [6.07, 6.45) is 0. The molecule has 1 N–H and O–H groups in total. The highest BCUT2D eigenvalue weighted by molar-refractivity contribution is 7.89. The minimum Gasteiger partial charge on any atom is -0.486 e. The second-order valence-electron chi connectivity index (χ2n) is 7.46. The van der Waals surface area contributed by atoms with Crippen LogP contribution >= 0.6 is 0 Å². The van der Waals surface area contributed by atoms with E-state index in [0.29, 0.717) is 24.7 Å². The first-order valence-electron chi connectivity index (χ1n) is 9.66. The molecule has 0 aromatic heterocycles. The van der Waals surface area contributed by atoms with Crippen LogP contribution in [0.1, 0.15) is 20.8 Å². The molecule has 1 atom stereocenters. The van der Waals surface area contributed by atoms with E-state index >= 15 is 0 Å². The molecule has 0 aliphatic carbocycles. The summed E-state index contributed by atoms with van der Waals surface area (Å²) in [6.45, 7) is 6.83. The van der Waals surface area contributed by atoms with Gasteiger partial charge >= 0.3 is 0 Å². The molecule has 0 unspecified atom stereocenters. The quantitative estimate of drug-likeness (QED) is 0.735. The zero-order valence-corrected chi connectivity index (χ0v) is 17.7. The van der Waals surface area contributed by atoms with Crippen molar-refractivity contribution in [2.45, 2.75) is 31.7 Å². The number of piperazine rings is 1. The predicted molar refractivity (Wildman–Crippen MR) is 105 cm³/mol. The van der Waals surface area contributed by atoms with Crippen LogP contribution in [0.4, 0.5) is 0 Å². The van der Waals surface area contributed by atoms with Crippen LogP contribution in [0.2, 0.25) is 0 Å². The summed E-state index contributed by atoms with van der Waals surface area (Å²) < 4.78 is 38.3. The number of benzene rings is 1. The maximum Gasteiger partial charge on any atom is 0.245 e. The average molecular weight is 426 g/mol. The van der Waals surface area contributed by atoms with E-state index in [0.717, 1.165) is 0 Å². The zero-order valence-electron chi connectivity index (χ0n) is 16.9. The number of fused-ring (bicyclic) bond motifs is 1. The summed E-state index contributed by atoms with van der Waals surface area (Å²) in [5, 5.41) is 2.68. The molecule has 9 nitrogen and oxygen atoms in total. The molecule has 1 saturated heterocycles. The van der Waals surface area contributed by atoms with Crippen LogP contribution in [0.15, 0.2) is 23.1 Å². The molecule has 29 heavy (non-hydrogen) atoms. The Bertz CT molecular complexity index is 878. The summed E-state index contributed by atoms with van der Waals surface area (Å²) in [4.78, 5) is 25.9. The van der Waals surface area contributed by atoms with Gasteiger partial charge in [0.1, 0.15) is 19.3 Å². The molecule has 2 amide bonds. The van der Waals surface area contributed by atoms with E-state index in [1.54, 1.807) is 11.0 Å². The highest BCUT2D eigenvalue weighted by atomic mass is 32.2. The number of nitrogens with one attached hydrogen (secondary N) is 1. The van der Waals surface area contributed by atoms with Gasteiger partial charge in [0, 0.05) is 39.2 Å². The summed E-state index contributed by atoms with van der Waals surface area (Å²) in [5.74, 6) is 0.430. The first-order chi connectivity index (χ1) is 13.7. The molecule has 1 aromatic rings. The van der Waals surface area contributed by atoms with Crippen molar-refractivity contribution in [1.29, 1.82) is 0 Å². The lowest BCUT2D eigenvalue weighted by Gasteiger charge is -2.36. The third kappa shape index (κ3) is 4.64. The molecular weight excluding hydrogens is 398 g/mol. The molecule has 0 radical (unpaired) electrons. The van der Waals surface area contributed by atoms with Gasteiger partial charge in [-0.05, 0) is 18.1 Å². The maximum atomic E-state index is 13.0. The summed E-state index contributed by atoms with van der Waals surface area (Å²) >= 11 is 0. The Morgan fingerprint density at radius 2 is 1.66 bits per heavy atom. The van der Waals surface area contributed by atoms with Crippen LogP contribution in [0.5, 0.6) is 11.5 Å². The van der Waals surface area contributed by atoms with Crippen molar-refractivity contribution in [1.82, 2.24) is 14.5 Å². The Hall–Kier alpha value is -2.33. The van der Waals surface area contributed by atoms with Crippen molar-refractivity contribution in [3.63, 3.8) is 0 Å². The standard InChI is InChI=1S/C19H27N3O6S/c1-13(2)18(20-14(3)23)19(24)21-6-8-22(9-7-21)29(25,26)15-4-5-16-17(12-15)28-11-10-27-16/h4-5,12-13,18H,6-11H2,1-3H3,(H,20,23)/t18-/m0/s1. The number of amides is 2. The monoisotopic (exact) mass is 425 g/mol. The normalized spacial score (nSPS) is 18.4. The van der Waals surface area contributed by atoms with Gasteiger partial charge in [0.15, 0.2) is 11.5 Å². The van der Waals surface area contributed by atoms with Gasteiger partial charge in [-0.3, -0.25) is 9.59 Å². The van der Waals surface area contributed by atoms with E-state index in [9.17, 15) is 18.0 Å². The molecule has 1 aromatic carbocycles. The fraction of sp³-hybridized carbons (Fsp3) is 0.579. The molecular formula is C19H27N3O6S. The largest absolute Gasteiger partial charge is 0.486 e. The molecule has 1 fully saturated rings. The first-order valence-corrected chi connectivity index (χ1v) is 11.1. The fourth-order valence-corrected chi connectivity index (χ4v) is 4.85. The second kappa shape index (κ2) is 8.58. The van der Waals surface area contributed by atoms with Crippen LogP contribution in [0, 0.1) is 5.92 Å². The lowest BCUT2D eigenvalue weighted by Crippen LogP contribution is -2.56. The highest BCUT2D eigenvalue weighted by Crippen LogP contribution is 2.33. The van der Waals surface area contributed by atoms with Gasteiger partial charge < -0.3 is 19.7 Å². The number of carbonyl (C=O) groups is 2. The van der Waals surface area contributed by atoms with Gasteiger partial charge in [-0.25, -0.2) is 8.42 Å². The van der Waals surface area contributed by atoms with Gasteiger partial charge in [0.05, 0.1) is 4.90 Å². The third-order valence-electron chi connectivity index (χ3n) is 4.99. The Morgan fingerprint density at radius 3 is 2.24 bits per heavy atom. The average Bonchev–Trinajstić information content (AvgIpc) is 2.71. The van der Waals surface area contributed by atoms with Gasteiger partial charge in [0.25, 0.3) is 0 Å². The van der Waals surface area contributed by atoms with E-state index in [1.807, 2.05) is 13.8 Å². The van der Waals surface area contributed by atoms with Crippen LogP contribution in [-0.4, -0.2) is 74.9 Å². The predicted octanol–water partition coefficient (Wildman–Crippen LogP) is 0.451. The number of hydrogen-bond acceptors (Lipinski definition) is 6. The zero-order chi connectivity index (χ0) is 21.2. The van der Waals surface area contributed by atoms with Gasteiger partial charge in [-0.2, -0.15) is 4.31 Å². The molecule has 3 rings (SSSR count). The van der Waals surface area contributed by atoms with E-state index in [1.165, 1.54) is 23.4 Å². The molecule has 0 saturated carbocycles. The summed E-state index contributed by atoms with van der Waals surface area (Å²) in [5.41, 5.74) is 0. The molecule has 0 spiro atoms. The molecule has 2 aliphatic rings. The SMILES string of the molecule is CC(=O)N[C@H](C(=O)N1CCN(S(=O)(=O)c2ccc3c(c2)OCCO3)CC1)C(C)C. The van der Waals surface area contributed by atoms with E-state index in [4.69, 9.17) is 9.47 Å². The van der Waals surface area contributed by atoms with E-state index in [2.05, 4.69) is 5.32 Å². The van der Waals surface area contributed by atoms with E-state index in [-0.39, 0.29) is 48.8 Å². The highest BCUT2D eigenvalue weighted by Gasteiger charge is 2.34. The lowest BCUT2D eigenvalue weighted by atomic mass is 10.0. The van der Waals surface area contributed by atoms with Crippen LogP contribution in [0.25, 0.3) is 0 Å². The van der Waals surface area contributed by atoms with Crippen molar-refractivity contribution >= 4 is 21.8 Å². The van der Waals surface area contributed by atoms with Crippen molar-refractivity contribution in [2.24, 2.45) is 5.92 Å². The molecule has 10 heteroatoms. The topological polar surface area (TPSA) is 105 Å². The molecule has 2 aliphatic heterocycles. The van der Waals surface area contributed by atoms with Gasteiger partial charge in [0.2, 0.25) is 21.8 Å². The maximum absolute atomic E-state index is 13.0. The van der Waals surface area contributed by atoms with Crippen molar-refractivity contribution in [3.05, 3.63) is 18.2 Å². The Kier molecular flexibility index (Phi) is 6.33. The Morgan fingerprint density at radius 1 is 1.03 bits per heavy atom. The molecule has 160 valence electrons. The van der Waals surface area contributed by atoms with Crippen molar-refractivity contribution < 1.29 is 27.5 Å². The number of rotatable bonds is 5. The first kappa shape index (κ1) is 21.4. The van der Waals surface area contributed by atoms with Gasteiger partial charge in [-0.1, -0.05) is 13.8 Å². The number of ether oxygens (including phenoxy) is 2. The van der Waals surface area contributed by atoms with Crippen LogP contribution < -0.4 is 14.8 Å². The van der Waals surface area contributed by atoms with Crippen LogP contribution in [-0.2, 0) is 19.6 Å². The van der Waals surface area contributed by atoms with Crippen LogP contribution in [0.3, 0.4) is 0 Å². The minimum atomic E-state index is -3.71. The summed E-state index contributed by atoms with van der Waals surface area (Å²) in [7, 11) is -3.71. The number of hydrogen-bond donors (Lipinski definition) is 1. The lowest BCUT2D eigenvalue weighted by molar-refractivity contribution is -0.138. The molecule has 2 heterocycles. The second-order valence-corrected chi connectivity index (χ2v) is 9.39. The smallest absolute Gasteiger partial charge is 0.245 e. The molecule has 0 bridgehead atoms. The van der Waals surface area contributed by atoms with E-state index < -0.39 is 16.1 Å². The fourth-order valence-electron chi connectivity index (χ4n) is 3.41. The number of sulfonamides is 1. The third-order valence-corrected chi connectivity index (χ3v) is 6.89. The summed E-state index contributed by atoms with van der Waals surface area (Å²) in [6, 6.07) is 3.97.